The highest BCUT2D eigenvalue weighted by Crippen LogP contribution is 2.12. The van der Waals surface area contributed by atoms with E-state index in [2.05, 4.69) is 36.6 Å². The standard InChI is InChI=1S/C27H43N7O8/c1-14(2)8-18(31-23(37)17-6-5-7-29-17)24(38)32-19(9-15(3)4)25(39)33-20(11-22(35)36)26(40)34-21(27(41)42)10-16-12-28-13-30-16/h12-15,17-21,29H,5-11H2,1-4H3,(H,28,30)(H,31,37)(H,32,38)(H,33,39)(H,34,40)(H,35,36)(H,41,42)/t17-,18-,19-,20-,21-/m0/s1. The summed E-state index contributed by atoms with van der Waals surface area (Å²) in [5.74, 6) is -5.52. The smallest absolute Gasteiger partial charge is 0.326 e. The van der Waals surface area contributed by atoms with E-state index >= 15 is 0 Å². The second kappa shape index (κ2) is 16.4. The van der Waals surface area contributed by atoms with Crippen LogP contribution >= 0.6 is 0 Å². The van der Waals surface area contributed by atoms with E-state index in [9.17, 15) is 39.0 Å². The summed E-state index contributed by atoms with van der Waals surface area (Å²) in [6, 6.07) is -5.52. The summed E-state index contributed by atoms with van der Waals surface area (Å²) >= 11 is 0. The van der Waals surface area contributed by atoms with Gasteiger partial charge < -0.3 is 41.8 Å². The Kier molecular flexibility index (Phi) is 13.4. The van der Waals surface area contributed by atoms with Crippen LogP contribution < -0.4 is 26.6 Å². The maximum Gasteiger partial charge on any atom is 0.326 e. The molecular formula is C27H43N7O8. The molecule has 15 nitrogen and oxygen atoms in total. The molecule has 1 aromatic heterocycles. The maximum absolute atomic E-state index is 13.3. The molecule has 1 aliphatic heterocycles. The van der Waals surface area contributed by atoms with Crippen LogP contribution in [-0.2, 0) is 35.2 Å². The van der Waals surface area contributed by atoms with Gasteiger partial charge in [-0.15, -0.1) is 0 Å². The molecule has 2 heterocycles. The number of aromatic amines is 1. The third-order valence-corrected chi connectivity index (χ3v) is 6.66. The lowest BCUT2D eigenvalue weighted by Gasteiger charge is -2.27. The molecule has 0 aromatic carbocycles. The first-order chi connectivity index (χ1) is 19.8. The normalized spacial score (nSPS) is 17.6. The third-order valence-electron chi connectivity index (χ3n) is 6.66. The number of aliphatic carboxylic acids is 2. The topological polar surface area (TPSA) is 232 Å². The lowest BCUT2D eigenvalue weighted by Crippen LogP contribution is -2.59. The van der Waals surface area contributed by atoms with Gasteiger partial charge in [-0.2, -0.15) is 0 Å². The molecule has 1 aromatic rings. The Balaban J connectivity index is 2.17. The second-order valence-corrected chi connectivity index (χ2v) is 11.4. The van der Waals surface area contributed by atoms with Crippen LogP contribution in [0.15, 0.2) is 12.5 Å². The van der Waals surface area contributed by atoms with Gasteiger partial charge in [-0.05, 0) is 44.1 Å². The van der Waals surface area contributed by atoms with Crippen LogP contribution in [-0.4, -0.2) is 92.5 Å². The number of carbonyl (C=O) groups excluding carboxylic acids is 4. The summed E-state index contributed by atoms with van der Waals surface area (Å²) in [5.41, 5.74) is 0.424. The van der Waals surface area contributed by atoms with Crippen LogP contribution in [0.5, 0.6) is 0 Å². The van der Waals surface area contributed by atoms with Crippen LogP contribution in [0.2, 0.25) is 0 Å². The minimum absolute atomic E-state index is 0.0440. The van der Waals surface area contributed by atoms with Crippen molar-refractivity contribution in [2.24, 2.45) is 11.8 Å². The highest BCUT2D eigenvalue weighted by molar-refractivity contribution is 5.96. The van der Waals surface area contributed by atoms with E-state index in [1.54, 1.807) is 0 Å². The molecule has 0 radical (unpaired) electrons. The number of rotatable bonds is 17. The van der Waals surface area contributed by atoms with E-state index in [4.69, 9.17) is 0 Å². The molecule has 234 valence electrons. The Labute approximate surface area is 244 Å². The fourth-order valence-electron chi connectivity index (χ4n) is 4.60. The molecule has 1 saturated heterocycles. The SMILES string of the molecule is CC(C)C[C@H](NC(=O)[C@@H]1CCCN1)C(=O)N[C@@H](CC(C)C)C(=O)N[C@@H](CC(=O)O)C(=O)N[C@@H](Cc1cnc[nH]1)C(=O)O. The highest BCUT2D eigenvalue weighted by atomic mass is 16.4. The summed E-state index contributed by atoms with van der Waals surface area (Å²) in [7, 11) is 0. The summed E-state index contributed by atoms with van der Waals surface area (Å²) in [4.78, 5) is 82.2. The summed E-state index contributed by atoms with van der Waals surface area (Å²) in [5, 5.41) is 32.1. The van der Waals surface area contributed by atoms with Gasteiger partial charge in [0.25, 0.3) is 0 Å². The number of nitrogens with one attached hydrogen (secondary N) is 6. The van der Waals surface area contributed by atoms with E-state index in [1.165, 1.54) is 12.5 Å². The van der Waals surface area contributed by atoms with Gasteiger partial charge in [0.2, 0.25) is 23.6 Å². The number of H-pyrrole nitrogens is 1. The number of hydrogen-bond acceptors (Lipinski definition) is 8. The lowest BCUT2D eigenvalue weighted by molar-refractivity contribution is -0.143. The first kappa shape index (κ1) is 34.2. The number of aromatic nitrogens is 2. The van der Waals surface area contributed by atoms with Gasteiger partial charge in [0.05, 0.1) is 18.8 Å². The maximum atomic E-state index is 13.3. The van der Waals surface area contributed by atoms with Gasteiger partial charge in [-0.1, -0.05) is 27.7 Å². The van der Waals surface area contributed by atoms with Crippen molar-refractivity contribution < 1.29 is 39.0 Å². The van der Waals surface area contributed by atoms with E-state index < -0.39 is 66.3 Å². The van der Waals surface area contributed by atoms with Crippen molar-refractivity contribution in [3.05, 3.63) is 18.2 Å². The van der Waals surface area contributed by atoms with Crippen LogP contribution in [0.4, 0.5) is 0 Å². The van der Waals surface area contributed by atoms with Crippen molar-refractivity contribution in [1.29, 1.82) is 0 Å². The molecule has 0 spiro atoms. The van der Waals surface area contributed by atoms with Crippen molar-refractivity contribution in [2.75, 3.05) is 6.54 Å². The minimum atomic E-state index is -1.62. The van der Waals surface area contributed by atoms with E-state index in [0.717, 1.165) is 6.42 Å². The first-order valence-corrected chi connectivity index (χ1v) is 14.1. The Morgan fingerprint density at radius 1 is 0.857 bits per heavy atom. The van der Waals surface area contributed by atoms with Crippen LogP contribution in [0, 0.1) is 11.8 Å². The fourth-order valence-corrected chi connectivity index (χ4v) is 4.60. The van der Waals surface area contributed by atoms with Crippen molar-refractivity contribution in [3.63, 3.8) is 0 Å². The Morgan fingerprint density at radius 2 is 1.40 bits per heavy atom. The van der Waals surface area contributed by atoms with Gasteiger partial charge in [-0.3, -0.25) is 24.0 Å². The summed E-state index contributed by atoms with van der Waals surface area (Å²) in [6.07, 6.45) is 3.72. The molecule has 0 bridgehead atoms. The van der Waals surface area contributed by atoms with E-state index in [1.807, 2.05) is 27.7 Å². The molecular weight excluding hydrogens is 550 g/mol. The molecule has 15 heteroatoms. The fraction of sp³-hybridized carbons (Fsp3) is 0.667. The zero-order valence-corrected chi connectivity index (χ0v) is 24.4. The van der Waals surface area contributed by atoms with Crippen LogP contribution in [0.1, 0.15) is 65.5 Å². The van der Waals surface area contributed by atoms with Crippen molar-refractivity contribution in [1.82, 2.24) is 36.6 Å². The number of carboxylic acid groups (broad SMARTS) is 2. The largest absolute Gasteiger partial charge is 0.481 e. The lowest BCUT2D eigenvalue weighted by atomic mass is 9.99. The van der Waals surface area contributed by atoms with E-state index in [-0.39, 0.29) is 30.6 Å². The van der Waals surface area contributed by atoms with Gasteiger partial charge >= 0.3 is 11.9 Å². The Morgan fingerprint density at radius 3 is 1.88 bits per heavy atom. The Hall–Kier alpha value is -4.01. The predicted molar refractivity (Wildman–Crippen MR) is 150 cm³/mol. The zero-order chi connectivity index (χ0) is 31.4. The average molecular weight is 594 g/mol. The van der Waals surface area contributed by atoms with Gasteiger partial charge in [0, 0.05) is 18.3 Å². The highest BCUT2D eigenvalue weighted by Gasteiger charge is 2.34. The molecule has 8 N–H and O–H groups in total. The molecule has 0 unspecified atom stereocenters. The molecule has 2 rings (SSSR count). The zero-order valence-electron chi connectivity index (χ0n) is 24.4. The number of imidazole rings is 1. The van der Waals surface area contributed by atoms with E-state index in [0.29, 0.717) is 25.1 Å². The summed E-state index contributed by atoms with van der Waals surface area (Å²) in [6.45, 7) is 8.13. The number of nitrogens with zero attached hydrogens (tertiary/aromatic N) is 1. The molecule has 0 saturated carbocycles. The number of amides is 4. The molecule has 4 amide bonds. The molecule has 1 aliphatic rings. The third kappa shape index (κ3) is 11.5. The summed E-state index contributed by atoms with van der Waals surface area (Å²) < 4.78 is 0. The number of carbonyl (C=O) groups is 6. The minimum Gasteiger partial charge on any atom is -0.481 e. The molecule has 5 atom stereocenters. The van der Waals surface area contributed by atoms with Gasteiger partial charge in [0.1, 0.15) is 24.2 Å². The molecule has 1 fully saturated rings. The molecule has 0 aliphatic carbocycles. The average Bonchev–Trinajstić information content (AvgIpc) is 3.61. The van der Waals surface area contributed by atoms with Crippen LogP contribution in [0.25, 0.3) is 0 Å². The Bertz CT molecular complexity index is 1090. The first-order valence-electron chi connectivity index (χ1n) is 14.1. The quantitative estimate of drug-likeness (QED) is 0.113. The predicted octanol–water partition coefficient (Wildman–Crippen LogP) is -0.705. The van der Waals surface area contributed by atoms with Crippen molar-refractivity contribution in [3.8, 4) is 0 Å². The number of carboxylic acids is 2. The van der Waals surface area contributed by atoms with Crippen molar-refractivity contribution >= 4 is 35.6 Å². The van der Waals surface area contributed by atoms with Crippen LogP contribution in [0.3, 0.4) is 0 Å². The van der Waals surface area contributed by atoms with Crippen molar-refractivity contribution in [2.45, 2.75) is 96.4 Å². The number of hydrogen-bond donors (Lipinski definition) is 8. The molecule has 42 heavy (non-hydrogen) atoms. The van der Waals surface area contributed by atoms with Gasteiger partial charge in [0.15, 0.2) is 0 Å². The van der Waals surface area contributed by atoms with Gasteiger partial charge in [-0.25, -0.2) is 9.78 Å². The second-order valence-electron chi connectivity index (χ2n) is 11.4. The monoisotopic (exact) mass is 593 g/mol.